The highest BCUT2D eigenvalue weighted by Gasteiger charge is 2.20. The molecule has 0 saturated heterocycles. The van der Waals surface area contributed by atoms with Crippen LogP contribution in [0.3, 0.4) is 0 Å². The Kier molecular flexibility index (Phi) is 5.15. The van der Waals surface area contributed by atoms with Crippen LogP contribution in [0.25, 0.3) is 0 Å². The molecule has 0 spiro atoms. The number of nitrogens with one attached hydrogen (secondary N) is 1. The molecule has 0 bridgehead atoms. The summed E-state index contributed by atoms with van der Waals surface area (Å²) in [5.74, 6) is 0.0857. The van der Waals surface area contributed by atoms with Gasteiger partial charge in [-0.3, -0.25) is 4.79 Å². The third kappa shape index (κ3) is 4.13. The van der Waals surface area contributed by atoms with E-state index in [1.165, 1.54) is 0 Å². The minimum absolute atomic E-state index is 0.0139. The summed E-state index contributed by atoms with van der Waals surface area (Å²) in [7, 11) is 0. The number of halogens is 1. The highest BCUT2D eigenvalue weighted by atomic mass is 79.9. The molecule has 0 aliphatic heterocycles. The van der Waals surface area contributed by atoms with Crippen LogP contribution in [-0.4, -0.2) is 12.5 Å². The average Bonchev–Trinajstić information content (AvgIpc) is 2.15. The molecule has 0 aromatic heterocycles. The molecule has 0 heterocycles. The van der Waals surface area contributed by atoms with Gasteiger partial charge < -0.3 is 11.1 Å². The van der Waals surface area contributed by atoms with Crippen molar-refractivity contribution in [2.24, 2.45) is 17.6 Å². The third-order valence-electron chi connectivity index (χ3n) is 2.71. The lowest BCUT2D eigenvalue weighted by atomic mass is 9.95. The largest absolute Gasteiger partial charge is 0.330 e. The smallest absolute Gasteiger partial charge is 0.229 e. The van der Waals surface area contributed by atoms with Gasteiger partial charge in [0.1, 0.15) is 0 Å². The van der Waals surface area contributed by atoms with Gasteiger partial charge in [0.2, 0.25) is 5.91 Å². The average molecular weight is 299 g/mol. The zero-order chi connectivity index (χ0) is 13.0. The Hall–Kier alpha value is -0.870. The molecule has 1 amide bonds. The van der Waals surface area contributed by atoms with Gasteiger partial charge in [0.05, 0.1) is 5.92 Å². The summed E-state index contributed by atoms with van der Waals surface area (Å²) in [6, 6.07) is 5.83. The van der Waals surface area contributed by atoms with E-state index in [-0.39, 0.29) is 17.7 Å². The maximum absolute atomic E-state index is 12.0. The molecule has 94 valence electrons. The normalized spacial score (nSPS) is 12.6. The number of anilines is 1. The van der Waals surface area contributed by atoms with Gasteiger partial charge in [-0.2, -0.15) is 0 Å². The van der Waals surface area contributed by atoms with Crippen molar-refractivity contribution in [2.45, 2.75) is 20.8 Å². The number of rotatable bonds is 4. The zero-order valence-electron chi connectivity index (χ0n) is 10.5. The molecule has 1 atom stereocenters. The van der Waals surface area contributed by atoms with Crippen molar-refractivity contribution >= 4 is 27.5 Å². The van der Waals surface area contributed by atoms with Crippen LogP contribution >= 0.6 is 15.9 Å². The van der Waals surface area contributed by atoms with Crippen LogP contribution in [0.2, 0.25) is 0 Å². The Morgan fingerprint density at radius 3 is 2.53 bits per heavy atom. The van der Waals surface area contributed by atoms with Gasteiger partial charge in [0, 0.05) is 16.7 Å². The van der Waals surface area contributed by atoms with Crippen LogP contribution in [0, 0.1) is 18.8 Å². The van der Waals surface area contributed by atoms with Crippen molar-refractivity contribution in [3.05, 3.63) is 28.2 Å². The Bertz CT molecular complexity index is 384. The van der Waals surface area contributed by atoms with Gasteiger partial charge in [-0.25, -0.2) is 0 Å². The van der Waals surface area contributed by atoms with Crippen molar-refractivity contribution in [3.63, 3.8) is 0 Å². The predicted molar refractivity (Wildman–Crippen MR) is 74.9 cm³/mol. The van der Waals surface area contributed by atoms with Crippen molar-refractivity contribution in [2.75, 3.05) is 11.9 Å². The molecule has 1 unspecified atom stereocenters. The highest BCUT2D eigenvalue weighted by Crippen LogP contribution is 2.20. The number of aryl methyl sites for hydroxylation is 1. The lowest BCUT2D eigenvalue weighted by Gasteiger charge is -2.18. The summed E-state index contributed by atoms with van der Waals surface area (Å²) in [5, 5.41) is 2.91. The third-order valence-corrected chi connectivity index (χ3v) is 3.16. The SMILES string of the molecule is Cc1cc(Br)cc(NC(=O)C(CN)C(C)C)c1. The van der Waals surface area contributed by atoms with Crippen LogP contribution in [0.15, 0.2) is 22.7 Å². The van der Waals surface area contributed by atoms with E-state index in [9.17, 15) is 4.79 Å². The lowest BCUT2D eigenvalue weighted by Crippen LogP contribution is -2.33. The fourth-order valence-corrected chi connectivity index (χ4v) is 2.33. The number of hydrogen-bond donors (Lipinski definition) is 2. The molecular formula is C13H19BrN2O. The summed E-state index contributed by atoms with van der Waals surface area (Å²) in [4.78, 5) is 12.0. The van der Waals surface area contributed by atoms with E-state index in [4.69, 9.17) is 5.73 Å². The lowest BCUT2D eigenvalue weighted by molar-refractivity contribution is -0.120. The maximum atomic E-state index is 12.0. The molecular weight excluding hydrogens is 280 g/mol. The molecule has 0 fully saturated rings. The Balaban J connectivity index is 2.80. The molecule has 1 rings (SSSR count). The molecule has 0 radical (unpaired) electrons. The molecule has 1 aromatic carbocycles. The summed E-state index contributed by atoms with van der Waals surface area (Å²) >= 11 is 3.41. The number of benzene rings is 1. The summed E-state index contributed by atoms with van der Waals surface area (Å²) in [6.45, 7) is 6.37. The van der Waals surface area contributed by atoms with Crippen molar-refractivity contribution in [3.8, 4) is 0 Å². The van der Waals surface area contributed by atoms with Gasteiger partial charge in [0.15, 0.2) is 0 Å². The first-order valence-corrected chi connectivity index (χ1v) is 6.51. The number of hydrogen-bond acceptors (Lipinski definition) is 2. The van der Waals surface area contributed by atoms with E-state index < -0.39 is 0 Å². The summed E-state index contributed by atoms with van der Waals surface area (Å²) < 4.78 is 0.960. The van der Waals surface area contributed by atoms with Gasteiger partial charge in [-0.1, -0.05) is 29.8 Å². The second kappa shape index (κ2) is 6.17. The standard InChI is InChI=1S/C13H19BrN2O/c1-8(2)12(7-15)13(17)16-11-5-9(3)4-10(14)6-11/h4-6,8,12H,7,15H2,1-3H3,(H,16,17). The number of carbonyl (C=O) groups excluding carboxylic acids is 1. The van der Waals surface area contributed by atoms with Crippen molar-refractivity contribution < 1.29 is 4.79 Å². The van der Waals surface area contributed by atoms with Crippen molar-refractivity contribution in [1.29, 1.82) is 0 Å². The highest BCUT2D eigenvalue weighted by molar-refractivity contribution is 9.10. The van der Waals surface area contributed by atoms with Crippen LogP contribution in [-0.2, 0) is 4.79 Å². The van der Waals surface area contributed by atoms with Crippen LogP contribution in [0.5, 0.6) is 0 Å². The van der Waals surface area contributed by atoms with Crippen molar-refractivity contribution in [1.82, 2.24) is 0 Å². The molecule has 3 N–H and O–H groups in total. The first kappa shape index (κ1) is 14.2. The monoisotopic (exact) mass is 298 g/mol. The topological polar surface area (TPSA) is 55.1 Å². The van der Waals surface area contributed by atoms with Gasteiger partial charge in [-0.05, 0) is 36.6 Å². The maximum Gasteiger partial charge on any atom is 0.229 e. The Morgan fingerprint density at radius 2 is 2.06 bits per heavy atom. The predicted octanol–water partition coefficient (Wildman–Crippen LogP) is 2.93. The van der Waals surface area contributed by atoms with Gasteiger partial charge >= 0.3 is 0 Å². The molecule has 0 aliphatic rings. The number of carbonyl (C=O) groups is 1. The van der Waals surface area contributed by atoms with Gasteiger partial charge in [-0.15, -0.1) is 0 Å². The van der Waals surface area contributed by atoms with E-state index in [0.29, 0.717) is 6.54 Å². The molecule has 1 aromatic rings. The second-order valence-electron chi connectivity index (χ2n) is 4.59. The number of nitrogens with two attached hydrogens (primary N) is 1. The Labute approximate surface area is 111 Å². The van der Waals surface area contributed by atoms with E-state index in [1.807, 2.05) is 39.0 Å². The summed E-state index contributed by atoms with van der Waals surface area (Å²) in [6.07, 6.45) is 0. The first-order valence-electron chi connectivity index (χ1n) is 5.72. The Morgan fingerprint density at radius 1 is 1.41 bits per heavy atom. The number of amides is 1. The zero-order valence-corrected chi connectivity index (χ0v) is 12.0. The first-order chi connectivity index (χ1) is 7.93. The van der Waals surface area contributed by atoms with Crippen LogP contribution < -0.4 is 11.1 Å². The fraction of sp³-hybridized carbons (Fsp3) is 0.462. The van der Waals surface area contributed by atoms with E-state index in [2.05, 4.69) is 21.2 Å². The molecule has 3 nitrogen and oxygen atoms in total. The van der Waals surface area contributed by atoms with Gasteiger partial charge in [0.25, 0.3) is 0 Å². The minimum Gasteiger partial charge on any atom is -0.330 e. The van der Waals surface area contributed by atoms with E-state index in [0.717, 1.165) is 15.7 Å². The summed E-state index contributed by atoms with van der Waals surface area (Å²) in [5.41, 5.74) is 7.52. The second-order valence-corrected chi connectivity index (χ2v) is 5.51. The molecule has 0 aliphatic carbocycles. The van der Waals surface area contributed by atoms with Crippen LogP contribution in [0.4, 0.5) is 5.69 Å². The fourth-order valence-electron chi connectivity index (χ4n) is 1.73. The van der Waals surface area contributed by atoms with E-state index in [1.54, 1.807) is 0 Å². The van der Waals surface area contributed by atoms with E-state index >= 15 is 0 Å². The quantitative estimate of drug-likeness (QED) is 0.898. The molecule has 0 saturated carbocycles. The minimum atomic E-state index is -0.144. The van der Waals surface area contributed by atoms with Crippen LogP contribution in [0.1, 0.15) is 19.4 Å². The molecule has 17 heavy (non-hydrogen) atoms. The molecule has 4 heteroatoms.